The van der Waals surface area contributed by atoms with E-state index in [4.69, 9.17) is 11.3 Å². The Hall–Kier alpha value is -3.06. The van der Waals surface area contributed by atoms with Crippen LogP contribution in [0.15, 0.2) is 89.2 Å². The molecule has 0 atom stereocenters. The molecule has 4 aromatic carbocycles. The number of benzene rings is 4. The van der Waals surface area contributed by atoms with E-state index in [1.165, 1.54) is 0 Å². The molecule has 0 spiro atoms. The Morgan fingerprint density at radius 3 is 2.43 bits per heavy atom. The van der Waals surface area contributed by atoms with Crippen LogP contribution in [-0.4, -0.2) is 0 Å². The van der Waals surface area contributed by atoms with Gasteiger partial charge in [0.05, 0.1) is 6.85 Å². The predicted molar refractivity (Wildman–Crippen MR) is 96.7 cm³/mol. The Balaban J connectivity index is 1.81. The predicted octanol–water partition coefficient (Wildman–Crippen LogP) is 6.41. The summed E-state index contributed by atoms with van der Waals surface area (Å²) in [5.74, 6) is 0. The van der Waals surface area contributed by atoms with E-state index in [0.29, 0.717) is 5.56 Å². The van der Waals surface area contributed by atoms with Crippen LogP contribution in [0.3, 0.4) is 0 Å². The second kappa shape index (κ2) is 4.72. The van der Waals surface area contributed by atoms with E-state index in [-0.39, 0.29) is 35.8 Å². The largest absolute Gasteiger partial charge is 0.456 e. The van der Waals surface area contributed by atoms with Crippen LogP contribution in [0.2, 0.25) is 0 Å². The normalized spacial score (nSPS) is 14.5. The lowest BCUT2D eigenvalue weighted by atomic mass is 10.00. The highest BCUT2D eigenvalue weighted by atomic mass is 16.3. The Bertz CT molecular complexity index is 1390. The van der Waals surface area contributed by atoms with Gasteiger partial charge in [0.2, 0.25) is 0 Å². The molecule has 0 fully saturated rings. The number of furan rings is 1. The van der Waals surface area contributed by atoms with Gasteiger partial charge >= 0.3 is 0 Å². The number of fused-ring (bicyclic) bond motifs is 4. The standard InChI is InChI=1S/C22H14O/c1-2-6-15(7-3-1)16-10-11-17-14-22-20(13-18(17)12-16)19-8-4-5-9-21(19)23-22/h1-14H/i1D,2D,3D,6D,7D. The van der Waals surface area contributed by atoms with Crippen molar-refractivity contribution in [1.29, 1.82) is 0 Å². The van der Waals surface area contributed by atoms with Gasteiger partial charge in [-0.05, 0) is 46.2 Å². The number of rotatable bonds is 1. The third kappa shape index (κ3) is 1.94. The van der Waals surface area contributed by atoms with Gasteiger partial charge in [-0.2, -0.15) is 0 Å². The van der Waals surface area contributed by atoms with Gasteiger partial charge in [0.25, 0.3) is 0 Å². The van der Waals surface area contributed by atoms with Crippen molar-refractivity contribution < 1.29 is 11.3 Å². The van der Waals surface area contributed by atoms with Gasteiger partial charge in [-0.15, -0.1) is 0 Å². The van der Waals surface area contributed by atoms with E-state index >= 15 is 0 Å². The summed E-state index contributed by atoms with van der Waals surface area (Å²) in [6, 6.07) is 15.9. The van der Waals surface area contributed by atoms with Gasteiger partial charge in [0.1, 0.15) is 11.2 Å². The molecule has 0 aliphatic rings. The molecule has 0 aliphatic heterocycles. The molecule has 5 aromatic rings. The van der Waals surface area contributed by atoms with E-state index in [1.54, 1.807) is 6.07 Å². The van der Waals surface area contributed by atoms with Crippen LogP contribution in [0.1, 0.15) is 6.85 Å². The second-order valence-electron chi connectivity index (χ2n) is 5.51. The van der Waals surface area contributed by atoms with Crippen molar-refractivity contribution in [1.82, 2.24) is 0 Å². The molecule has 1 heteroatoms. The fourth-order valence-corrected chi connectivity index (χ4v) is 3.02. The maximum Gasteiger partial charge on any atom is 0.136 e. The van der Waals surface area contributed by atoms with Gasteiger partial charge in [0, 0.05) is 10.8 Å². The van der Waals surface area contributed by atoms with E-state index in [0.717, 1.165) is 32.7 Å². The summed E-state index contributed by atoms with van der Waals surface area (Å²) in [6.07, 6.45) is 0. The zero-order chi connectivity index (χ0) is 19.6. The van der Waals surface area contributed by atoms with Crippen LogP contribution >= 0.6 is 0 Å². The fraction of sp³-hybridized carbons (Fsp3) is 0. The second-order valence-corrected chi connectivity index (χ2v) is 5.51. The molecule has 0 unspecified atom stereocenters. The smallest absolute Gasteiger partial charge is 0.136 e. The average Bonchev–Trinajstić information content (AvgIpc) is 3.06. The summed E-state index contributed by atoms with van der Waals surface area (Å²) in [6.45, 7) is 0. The van der Waals surface area contributed by atoms with Crippen LogP contribution in [0.25, 0.3) is 43.8 Å². The number of hydrogen-bond acceptors (Lipinski definition) is 1. The number of hydrogen-bond donors (Lipinski definition) is 0. The topological polar surface area (TPSA) is 13.1 Å². The molecule has 23 heavy (non-hydrogen) atoms. The summed E-state index contributed by atoms with van der Waals surface area (Å²) >= 11 is 0. The highest BCUT2D eigenvalue weighted by molar-refractivity contribution is 6.10. The minimum absolute atomic E-state index is 0.194. The first-order valence-corrected chi connectivity index (χ1v) is 7.38. The lowest BCUT2D eigenvalue weighted by molar-refractivity contribution is 0.669. The van der Waals surface area contributed by atoms with E-state index < -0.39 is 0 Å². The van der Waals surface area contributed by atoms with Crippen molar-refractivity contribution in [2.45, 2.75) is 0 Å². The molecular formula is C22H14O. The van der Waals surface area contributed by atoms with Gasteiger partial charge in [-0.3, -0.25) is 0 Å². The Morgan fingerprint density at radius 2 is 1.52 bits per heavy atom. The lowest BCUT2D eigenvalue weighted by Gasteiger charge is -2.04. The van der Waals surface area contributed by atoms with Gasteiger partial charge < -0.3 is 4.42 Å². The minimum atomic E-state index is -0.383. The van der Waals surface area contributed by atoms with Gasteiger partial charge in [-0.25, -0.2) is 0 Å². The molecule has 5 rings (SSSR count). The van der Waals surface area contributed by atoms with E-state index in [9.17, 15) is 0 Å². The summed E-state index contributed by atoms with van der Waals surface area (Å²) in [5.41, 5.74) is 2.42. The van der Waals surface area contributed by atoms with Crippen LogP contribution in [-0.2, 0) is 0 Å². The number of para-hydroxylation sites is 1. The molecule has 1 aromatic heterocycles. The summed E-state index contributed by atoms with van der Waals surface area (Å²) < 4.78 is 45.9. The van der Waals surface area contributed by atoms with Gasteiger partial charge in [0.15, 0.2) is 0 Å². The Morgan fingerprint density at radius 1 is 0.652 bits per heavy atom. The first-order chi connectivity index (χ1) is 13.5. The molecule has 0 saturated heterocycles. The highest BCUT2D eigenvalue weighted by Gasteiger charge is 2.08. The van der Waals surface area contributed by atoms with Crippen molar-refractivity contribution in [2.75, 3.05) is 0 Å². The molecule has 0 saturated carbocycles. The molecule has 0 amide bonds. The third-order valence-corrected chi connectivity index (χ3v) is 4.12. The van der Waals surface area contributed by atoms with Crippen molar-refractivity contribution in [3.63, 3.8) is 0 Å². The van der Waals surface area contributed by atoms with Crippen LogP contribution in [0, 0.1) is 0 Å². The monoisotopic (exact) mass is 299 g/mol. The Labute approximate surface area is 140 Å². The fourth-order valence-electron chi connectivity index (χ4n) is 3.02. The zero-order valence-electron chi connectivity index (χ0n) is 17.1. The highest BCUT2D eigenvalue weighted by Crippen LogP contribution is 2.33. The molecule has 0 radical (unpaired) electrons. The summed E-state index contributed by atoms with van der Waals surface area (Å²) in [5, 5.41) is 3.89. The first-order valence-electron chi connectivity index (χ1n) is 9.88. The van der Waals surface area contributed by atoms with Crippen molar-refractivity contribution in [3.8, 4) is 11.1 Å². The SMILES string of the molecule is [2H]c1c([2H])c([2H])c(-c2ccc3cc4oc5ccccc5c4cc3c2)c([2H])c1[2H]. The van der Waals surface area contributed by atoms with Gasteiger partial charge in [-0.1, -0.05) is 60.5 Å². The van der Waals surface area contributed by atoms with Crippen LogP contribution in [0.5, 0.6) is 0 Å². The Kier molecular flexibility index (Phi) is 1.75. The molecular weight excluding hydrogens is 280 g/mol. The van der Waals surface area contributed by atoms with Crippen molar-refractivity contribution >= 4 is 32.7 Å². The molecule has 0 bridgehead atoms. The maximum atomic E-state index is 8.21. The third-order valence-electron chi connectivity index (χ3n) is 4.12. The molecule has 1 nitrogen and oxygen atoms in total. The summed E-state index contributed by atoms with van der Waals surface area (Å²) in [4.78, 5) is 0. The van der Waals surface area contributed by atoms with E-state index in [1.807, 2.05) is 48.5 Å². The molecule has 0 N–H and O–H groups in total. The van der Waals surface area contributed by atoms with Crippen molar-refractivity contribution in [3.05, 3.63) is 84.8 Å². The van der Waals surface area contributed by atoms with Crippen LogP contribution < -0.4 is 0 Å². The quantitative estimate of drug-likeness (QED) is 0.349. The maximum absolute atomic E-state index is 8.21. The first kappa shape index (κ1) is 8.54. The zero-order valence-corrected chi connectivity index (χ0v) is 12.1. The summed E-state index contributed by atoms with van der Waals surface area (Å²) in [7, 11) is 0. The molecule has 1 heterocycles. The minimum Gasteiger partial charge on any atom is -0.456 e. The van der Waals surface area contributed by atoms with Crippen molar-refractivity contribution in [2.24, 2.45) is 0 Å². The van der Waals surface area contributed by atoms with E-state index in [2.05, 4.69) is 0 Å². The average molecular weight is 299 g/mol. The molecule has 108 valence electrons. The lowest BCUT2D eigenvalue weighted by Crippen LogP contribution is -1.79. The molecule has 0 aliphatic carbocycles. The van der Waals surface area contributed by atoms with Crippen LogP contribution in [0.4, 0.5) is 0 Å².